The Hall–Kier alpha value is -0.970. The minimum Gasteiger partial charge on any atom is -0.369 e. The van der Waals surface area contributed by atoms with Crippen LogP contribution in [0.25, 0.3) is 0 Å². The quantitative estimate of drug-likeness (QED) is 0.553. The maximum atomic E-state index is 11.6. The van der Waals surface area contributed by atoms with E-state index in [1.165, 1.54) is 0 Å². The number of carbonyl (C=O) groups is 1. The van der Waals surface area contributed by atoms with Crippen molar-refractivity contribution in [3.63, 3.8) is 0 Å². The van der Waals surface area contributed by atoms with E-state index in [1.807, 2.05) is 0 Å². The lowest BCUT2D eigenvalue weighted by molar-refractivity contribution is -0.131. The summed E-state index contributed by atoms with van der Waals surface area (Å²) in [5.74, 6) is -0.235. The molecule has 13 heavy (non-hydrogen) atoms. The second kappa shape index (κ2) is 2.09. The third-order valence-corrected chi connectivity index (χ3v) is 3.49. The van der Waals surface area contributed by atoms with Gasteiger partial charge < -0.3 is 4.74 Å². The van der Waals surface area contributed by atoms with Crippen molar-refractivity contribution in [1.82, 2.24) is 5.01 Å². The van der Waals surface area contributed by atoms with Crippen LogP contribution in [-0.4, -0.2) is 29.2 Å². The number of nitrogens with zero attached hydrogens (tertiary/aromatic N) is 2. The highest BCUT2D eigenvalue weighted by molar-refractivity contribution is 5.83. The molecule has 3 rings (SSSR count). The molecule has 0 aromatic heterocycles. The van der Waals surface area contributed by atoms with Crippen molar-refractivity contribution in [1.29, 1.82) is 0 Å². The average molecular weight is 182 g/mol. The Balaban J connectivity index is 1.97. The van der Waals surface area contributed by atoms with Crippen molar-refractivity contribution in [2.75, 3.05) is 6.54 Å². The first-order chi connectivity index (χ1) is 6.25. The SMILES string of the molecule is O=NN1C[C@]23CC[C@H](C[C@H]2C1=O)O3. The summed E-state index contributed by atoms with van der Waals surface area (Å²) in [6, 6.07) is 0. The molecule has 5 heteroatoms. The number of rotatable bonds is 1. The van der Waals surface area contributed by atoms with Crippen LogP contribution in [0.2, 0.25) is 0 Å². The molecule has 0 radical (unpaired) electrons. The van der Waals surface area contributed by atoms with Crippen molar-refractivity contribution in [3.05, 3.63) is 4.91 Å². The van der Waals surface area contributed by atoms with Gasteiger partial charge in [0.25, 0.3) is 5.91 Å². The number of hydrogen-bond donors (Lipinski definition) is 0. The van der Waals surface area contributed by atoms with E-state index in [-0.39, 0.29) is 23.5 Å². The minimum absolute atomic E-state index is 0.0936. The first kappa shape index (κ1) is 7.44. The summed E-state index contributed by atoms with van der Waals surface area (Å²) in [6.45, 7) is 0.372. The van der Waals surface area contributed by atoms with Crippen LogP contribution in [0.1, 0.15) is 19.3 Å². The van der Waals surface area contributed by atoms with Crippen molar-refractivity contribution < 1.29 is 9.53 Å². The van der Waals surface area contributed by atoms with Gasteiger partial charge >= 0.3 is 0 Å². The lowest BCUT2D eigenvalue weighted by Gasteiger charge is -2.21. The first-order valence-corrected chi connectivity index (χ1v) is 4.58. The van der Waals surface area contributed by atoms with Crippen LogP contribution < -0.4 is 0 Å². The summed E-state index contributed by atoms with van der Waals surface area (Å²) in [5, 5.41) is 3.74. The van der Waals surface area contributed by atoms with Crippen LogP contribution in [0.4, 0.5) is 0 Å². The Morgan fingerprint density at radius 3 is 3.08 bits per heavy atom. The fraction of sp³-hybridized carbons (Fsp3) is 0.875. The summed E-state index contributed by atoms with van der Waals surface area (Å²) >= 11 is 0. The van der Waals surface area contributed by atoms with Crippen LogP contribution in [0, 0.1) is 10.8 Å². The molecule has 0 aromatic rings. The zero-order chi connectivity index (χ0) is 9.05. The predicted octanol–water partition coefficient (Wildman–Crippen LogP) is 0.448. The Kier molecular flexibility index (Phi) is 1.20. The van der Waals surface area contributed by atoms with Gasteiger partial charge in [0.2, 0.25) is 0 Å². The van der Waals surface area contributed by atoms with Crippen molar-refractivity contribution in [3.8, 4) is 0 Å². The zero-order valence-electron chi connectivity index (χ0n) is 7.10. The molecule has 1 amide bonds. The molecule has 3 aliphatic heterocycles. The molecule has 0 saturated carbocycles. The maximum absolute atomic E-state index is 11.6. The number of hydrogen-bond acceptors (Lipinski definition) is 4. The standard InChI is InChI=1S/C8H10N2O3/c11-7-6-3-5-1-2-8(6,13-5)4-10(7)9-12/h5-6H,1-4H2/t5-,6+,8-/m1/s1. The molecule has 3 fully saturated rings. The topological polar surface area (TPSA) is 59.0 Å². The molecule has 3 aliphatic rings. The highest BCUT2D eigenvalue weighted by atomic mass is 16.5. The molecule has 3 heterocycles. The highest BCUT2D eigenvalue weighted by Crippen LogP contribution is 2.52. The summed E-state index contributed by atoms with van der Waals surface area (Å²) in [5.41, 5.74) is -0.352. The average Bonchev–Trinajstić information content (AvgIpc) is 2.75. The summed E-state index contributed by atoms with van der Waals surface area (Å²) in [7, 11) is 0. The molecule has 0 aliphatic carbocycles. The highest BCUT2D eigenvalue weighted by Gasteiger charge is 2.63. The molecule has 3 atom stereocenters. The van der Waals surface area contributed by atoms with Crippen molar-refractivity contribution >= 4 is 5.91 Å². The summed E-state index contributed by atoms with van der Waals surface area (Å²) < 4.78 is 5.72. The first-order valence-electron chi connectivity index (χ1n) is 4.58. The van der Waals surface area contributed by atoms with Gasteiger partial charge in [-0.05, 0) is 19.3 Å². The van der Waals surface area contributed by atoms with Gasteiger partial charge in [0, 0.05) is 0 Å². The second-order valence-electron chi connectivity index (χ2n) is 4.11. The minimum atomic E-state index is -0.352. The smallest absolute Gasteiger partial charge is 0.251 e. The van der Waals surface area contributed by atoms with Gasteiger partial charge in [-0.1, -0.05) is 0 Å². The van der Waals surface area contributed by atoms with Gasteiger partial charge in [0.05, 0.1) is 23.9 Å². The zero-order valence-corrected chi connectivity index (χ0v) is 7.10. The molecule has 70 valence electrons. The van der Waals surface area contributed by atoms with E-state index in [1.54, 1.807) is 0 Å². The maximum Gasteiger partial charge on any atom is 0.251 e. The monoisotopic (exact) mass is 182 g/mol. The summed E-state index contributed by atoms with van der Waals surface area (Å²) in [4.78, 5) is 21.9. The van der Waals surface area contributed by atoms with Crippen LogP contribution in [0.3, 0.4) is 0 Å². The van der Waals surface area contributed by atoms with Gasteiger partial charge in [-0.15, -0.1) is 4.91 Å². The van der Waals surface area contributed by atoms with Crippen molar-refractivity contribution in [2.24, 2.45) is 11.2 Å². The lowest BCUT2D eigenvalue weighted by atomic mass is 9.81. The molecule has 5 nitrogen and oxygen atoms in total. The Morgan fingerprint density at radius 1 is 1.62 bits per heavy atom. The Labute approximate surface area is 75.0 Å². The van der Waals surface area contributed by atoms with E-state index in [0.29, 0.717) is 6.54 Å². The predicted molar refractivity (Wildman–Crippen MR) is 42.5 cm³/mol. The third kappa shape index (κ3) is 0.733. The number of fused-ring (bicyclic) bond motifs is 1. The van der Waals surface area contributed by atoms with Gasteiger partial charge in [0.15, 0.2) is 0 Å². The van der Waals surface area contributed by atoms with E-state index in [0.717, 1.165) is 24.3 Å². The third-order valence-electron chi connectivity index (χ3n) is 3.49. The normalized spacial score (nSPS) is 47.1. The van der Waals surface area contributed by atoms with E-state index >= 15 is 0 Å². The summed E-state index contributed by atoms with van der Waals surface area (Å²) in [6.07, 6.45) is 2.96. The molecule has 2 bridgehead atoms. The molecular weight excluding hydrogens is 172 g/mol. The number of ether oxygens (including phenoxy) is 1. The van der Waals surface area contributed by atoms with Crippen LogP contribution >= 0.6 is 0 Å². The van der Waals surface area contributed by atoms with Gasteiger partial charge in [-0.2, -0.15) is 5.01 Å². The lowest BCUT2D eigenvalue weighted by Crippen LogP contribution is -2.33. The van der Waals surface area contributed by atoms with Crippen LogP contribution in [0.15, 0.2) is 5.29 Å². The molecule has 1 spiro atoms. The molecule has 0 N–H and O–H groups in total. The molecular formula is C8H10N2O3. The number of amides is 1. The molecule has 0 unspecified atom stereocenters. The molecule has 0 aromatic carbocycles. The largest absolute Gasteiger partial charge is 0.369 e. The molecule has 3 saturated heterocycles. The fourth-order valence-electron chi connectivity index (χ4n) is 2.89. The Morgan fingerprint density at radius 2 is 2.46 bits per heavy atom. The van der Waals surface area contributed by atoms with E-state index < -0.39 is 0 Å². The number of carbonyl (C=O) groups excluding carboxylic acids is 1. The van der Waals surface area contributed by atoms with Gasteiger partial charge in [-0.3, -0.25) is 4.79 Å². The number of nitroso groups, excluding NO2 is 1. The van der Waals surface area contributed by atoms with E-state index in [4.69, 9.17) is 4.74 Å². The Bertz CT molecular complexity index is 293. The van der Waals surface area contributed by atoms with Crippen molar-refractivity contribution in [2.45, 2.75) is 31.0 Å². The second-order valence-corrected chi connectivity index (χ2v) is 4.11. The van der Waals surface area contributed by atoms with Crippen LogP contribution in [0.5, 0.6) is 0 Å². The van der Waals surface area contributed by atoms with Gasteiger partial charge in [0.1, 0.15) is 5.60 Å². The van der Waals surface area contributed by atoms with E-state index in [9.17, 15) is 9.70 Å². The van der Waals surface area contributed by atoms with E-state index in [2.05, 4.69) is 5.29 Å². The fourth-order valence-corrected chi connectivity index (χ4v) is 2.89. The van der Waals surface area contributed by atoms with Gasteiger partial charge in [-0.25, -0.2) is 0 Å². The van der Waals surface area contributed by atoms with Crippen LogP contribution in [-0.2, 0) is 9.53 Å².